The molecule has 5 heteroatoms. The Morgan fingerprint density at radius 1 is 1.41 bits per heavy atom. The molecule has 1 aliphatic rings. The van der Waals surface area contributed by atoms with Gasteiger partial charge in [-0.2, -0.15) is 0 Å². The van der Waals surface area contributed by atoms with Crippen molar-refractivity contribution in [1.82, 2.24) is 10.2 Å². The molecule has 1 saturated heterocycles. The number of carbonyl (C=O) groups is 1. The van der Waals surface area contributed by atoms with Crippen LogP contribution in [0, 0.1) is 0 Å². The molecule has 0 unspecified atom stereocenters. The highest BCUT2D eigenvalue weighted by Crippen LogP contribution is 2.21. The summed E-state index contributed by atoms with van der Waals surface area (Å²) in [4.78, 5) is 14.0. The standard InChI is InChI=1S/C12H25N3O2/c1-11(2,3)17-10(16)14-12(9-13)5-7-15(4)8-6-12/h5-9,13H2,1-4H3,(H,14,16). The van der Waals surface area contributed by atoms with Crippen molar-refractivity contribution in [1.29, 1.82) is 0 Å². The molecule has 0 bridgehead atoms. The number of likely N-dealkylation sites (tertiary alicyclic amines) is 1. The minimum absolute atomic E-state index is 0.297. The van der Waals surface area contributed by atoms with Crippen LogP contribution in [0.5, 0.6) is 0 Å². The van der Waals surface area contributed by atoms with Gasteiger partial charge in [-0.3, -0.25) is 0 Å². The van der Waals surface area contributed by atoms with E-state index < -0.39 is 5.60 Å². The van der Waals surface area contributed by atoms with Gasteiger partial charge >= 0.3 is 6.09 Å². The lowest BCUT2D eigenvalue weighted by atomic mass is 9.88. The van der Waals surface area contributed by atoms with Crippen LogP contribution < -0.4 is 11.1 Å². The zero-order valence-electron chi connectivity index (χ0n) is 11.4. The van der Waals surface area contributed by atoms with Gasteiger partial charge in [0.05, 0.1) is 5.54 Å². The minimum atomic E-state index is -0.467. The topological polar surface area (TPSA) is 67.6 Å². The number of nitrogens with one attached hydrogen (secondary N) is 1. The second kappa shape index (κ2) is 5.23. The van der Waals surface area contributed by atoms with E-state index in [0.29, 0.717) is 6.54 Å². The van der Waals surface area contributed by atoms with E-state index in [0.717, 1.165) is 25.9 Å². The van der Waals surface area contributed by atoms with Crippen molar-refractivity contribution >= 4 is 6.09 Å². The molecule has 0 aromatic heterocycles. The number of hydrogen-bond acceptors (Lipinski definition) is 4. The van der Waals surface area contributed by atoms with Gasteiger partial charge in [0.15, 0.2) is 0 Å². The Hall–Kier alpha value is -0.810. The Bertz CT molecular complexity index is 265. The molecule has 17 heavy (non-hydrogen) atoms. The van der Waals surface area contributed by atoms with Crippen molar-refractivity contribution in [3.05, 3.63) is 0 Å². The lowest BCUT2D eigenvalue weighted by Gasteiger charge is -2.40. The first-order chi connectivity index (χ1) is 7.76. The number of carbonyl (C=O) groups excluding carboxylic acids is 1. The van der Waals surface area contributed by atoms with Crippen LogP contribution >= 0.6 is 0 Å². The van der Waals surface area contributed by atoms with Gasteiger partial charge in [0.25, 0.3) is 0 Å². The third kappa shape index (κ3) is 4.52. The minimum Gasteiger partial charge on any atom is -0.444 e. The van der Waals surface area contributed by atoms with E-state index in [1.807, 2.05) is 20.8 Å². The van der Waals surface area contributed by atoms with Crippen molar-refractivity contribution in [2.45, 2.75) is 44.8 Å². The summed E-state index contributed by atoms with van der Waals surface area (Å²) < 4.78 is 5.27. The highest BCUT2D eigenvalue weighted by Gasteiger charge is 2.35. The monoisotopic (exact) mass is 243 g/mol. The molecule has 0 aliphatic carbocycles. The number of nitrogens with zero attached hydrogens (tertiary/aromatic N) is 1. The molecule has 0 atom stereocenters. The maximum absolute atomic E-state index is 11.8. The lowest BCUT2D eigenvalue weighted by Crippen LogP contribution is -2.59. The van der Waals surface area contributed by atoms with Crippen molar-refractivity contribution in [3.63, 3.8) is 0 Å². The van der Waals surface area contributed by atoms with Crippen molar-refractivity contribution < 1.29 is 9.53 Å². The van der Waals surface area contributed by atoms with Gasteiger partial charge in [-0.25, -0.2) is 4.79 Å². The van der Waals surface area contributed by atoms with Crippen LogP contribution in [-0.2, 0) is 4.74 Å². The van der Waals surface area contributed by atoms with Gasteiger partial charge in [0.1, 0.15) is 5.60 Å². The zero-order chi connectivity index (χ0) is 13.1. The Balaban J connectivity index is 2.54. The summed E-state index contributed by atoms with van der Waals surface area (Å²) in [7, 11) is 2.08. The molecule has 0 aromatic carbocycles. The quantitative estimate of drug-likeness (QED) is 0.757. The van der Waals surface area contributed by atoms with Gasteiger partial charge in [0.2, 0.25) is 0 Å². The van der Waals surface area contributed by atoms with Crippen LogP contribution in [0.4, 0.5) is 4.79 Å². The van der Waals surface area contributed by atoms with Crippen molar-refractivity contribution in [2.75, 3.05) is 26.7 Å². The SMILES string of the molecule is CN1CCC(CN)(NC(=O)OC(C)(C)C)CC1. The summed E-state index contributed by atoms with van der Waals surface area (Å²) in [5.74, 6) is 0. The molecule has 1 aliphatic heterocycles. The molecular weight excluding hydrogens is 218 g/mol. The Labute approximate surface area is 104 Å². The van der Waals surface area contributed by atoms with E-state index in [9.17, 15) is 4.79 Å². The van der Waals surface area contributed by atoms with E-state index in [1.165, 1.54) is 0 Å². The molecule has 0 spiro atoms. The largest absolute Gasteiger partial charge is 0.444 e. The molecule has 0 aromatic rings. The van der Waals surface area contributed by atoms with E-state index in [2.05, 4.69) is 17.3 Å². The predicted molar refractivity (Wildman–Crippen MR) is 67.9 cm³/mol. The normalized spacial score (nSPS) is 21.0. The highest BCUT2D eigenvalue weighted by atomic mass is 16.6. The first-order valence-corrected chi connectivity index (χ1v) is 6.16. The predicted octanol–water partition coefficient (Wildman–Crippen LogP) is 0.934. The van der Waals surface area contributed by atoms with Crippen LogP contribution in [0.3, 0.4) is 0 Å². The fourth-order valence-electron chi connectivity index (χ4n) is 1.95. The second-order valence-corrected chi connectivity index (χ2v) is 5.91. The molecule has 100 valence electrons. The van der Waals surface area contributed by atoms with Crippen molar-refractivity contribution in [3.8, 4) is 0 Å². The van der Waals surface area contributed by atoms with Crippen LogP contribution in [0.1, 0.15) is 33.6 Å². The number of piperidine rings is 1. The van der Waals surface area contributed by atoms with E-state index >= 15 is 0 Å². The highest BCUT2D eigenvalue weighted by molar-refractivity contribution is 5.68. The summed E-state index contributed by atoms with van der Waals surface area (Å²) >= 11 is 0. The number of nitrogens with two attached hydrogens (primary N) is 1. The van der Waals surface area contributed by atoms with Gasteiger partial charge in [-0.15, -0.1) is 0 Å². The molecule has 1 amide bonds. The molecule has 0 radical (unpaired) electrons. The van der Waals surface area contributed by atoms with Crippen LogP contribution in [0.2, 0.25) is 0 Å². The van der Waals surface area contributed by atoms with Crippen molar-refractivity contribution in [2.24, 2.45) is 5.73 Å². The molecular formula is C12H25N3O2. The molecule has 5 nitrogen and oxygen atoms in total. The van der Waals surface area contributed by atoms with Crippen LogP contribution in [-0.4, -0.2) is 48.8 Å². The average molecular weight is 243 g/mol. The molecule has 0 saturated carbocycles. The van der Waals surface area contributed by atoms with Gasteiger partial charge < -0.3 is 20.7 Å². The molecule has 1 heterocycles. The lowest BCUT2D eigenvalue weighted by molar-refractivity contribution is 0.0405. The third-order valence-electron chi connectivity index (χ3n) is 3.10. The number of hydrogen-bond donors (Lipinski definition) is 2. The third-order valence-corrected chi connectivity index (χ3v) is 3.10. The van der Waals surface area contributed by atoms with Gasteiger partial charge in [-0.1, -0.05) is 0 Å². The second-order valence-electron chi connectivity index (χ2n) is 5.91. The van der Waals surface area contributed by atoms with E-state index in [-0.39, 0.29) is 11.6 Å². The van der Waals surface area contributed by atoms with E-state index in [1.54, 1.807) is 0 Å². The zero-order valence-corrected chi connectivity index (χ0v) is 11.4. The fourth-order valence-corrected chi connectivity index (χ4v) is 1.95. The Morgan fingerprint density at radius 3 is 2.35 bits per heavy atom. The number of alkyl carbamates (subject to hydrolysis) is 1. The molecule has 1 rings (SSSR count). The number of rotatable bonds is 2. The van der Waals surface area contributed by atoms with Crippen LogP contribution in [0.25, 0.3) is 0 Å². The average Bonchev–Trinajstić information content (AvgIpc) is 2.19. The smallest absolute Gasteiger partial charge is 0.408 e. The number of amides is 1. The summed E-state index contributed by atoms with van der Waals surface area (Å²) in [6, 6.07) is 0. The van der Waals surface area contributed by atoms with Crippen LogP contribution in [0.15, 0.2) is 0 Å². The molecule has 1 fully saturated rings. The van der Waals surface area contributed by atoms with Gasteiger partial charge in [-0.05, 0) is 40.7 Å². The summed E-state index contributed by atoms with van der Waals surface area (Å²) in [6.45, 7) is 7.93. The summed E-state index contributed by atoms with van der Waals surface area (Å²) in [6.07, 6.45) is 1.38. The first-order valence-electron chi connectivity index (χ1n) is 6.16. The maximum atomic E-state index is 11.8. The molecule has 3 N–H and O–H groups in total. The van der Waals surface area contributed by atoms with Gasteiger partial charge in [0, 0.05) is 19.6 Å². The summed E-state index contributed by atoms with van der Waals surface area (Å²) in [5, 5.41) is 2.95. The number of ether oxygens (including phenoxy) is 1. The Morgan fingerprint density at radius 2 is 1.94 bits per heavy atom. The Kier molecular flexibility index (Phi) is 4.38. The fraction of sp³-hybridized carbons (Fsp3) is 0.917. The van der Waals surface area contributed by atoms with E-state index in [4.69, 9.17) is 10.5 Å². The maximum Gasteiger partial charge on any atom is 0.408 e. The summed E-state index contributed by atoms with van der Waals surface area (Å²) in [5.41, 5.74) is 5.04. The first kappa shape index (κ1) is 14.3.